The molecule has 4 heteroatoms. The van der Waals surface area contributed by atoms with Crippen LogP contribution in [0.25, 0.3) is 0 Å². The van der Waals surface area contributed by atoms with Gasteiger partial charge in [-0.1, -0.05) is 36.5 Å². The van der Waals surface area contributed by atoms with Gasteiger partial charge in [-0.25, -0.2) is 0 Å². The Kier molecular flexibility index (Phi) is 5.40. The van der Waals surface area contributed by atoms with Gasteiger partial charge in [-0.05, 0) is 36.6 Å². The number of hydrogen-bond donors (Lipinski definition) is 2. The topological polar surface area (TPSA) is 38.0 Å². The van der Waals surface area contributed by atoms with E-state index >= 15 is 0 Å². The summed E-state index contributed by atoms with van der Waals surface area (Å²) in [6.07, 6.45) is 2.93. The Balaban J connectivity index is 2.73. The van der Waals surface area contributed by atoms with Crippen molar-refractivity contribution in [2.75, 3.05) is 0 Å². The Bertz CT molecular complexity index is 315. The van der Waals surface area contributed by atoms with Gasteiger partial charge in [-0.3, -0.25) is 11.3 Å². The number of nitrogens with two attached hydrogens (primary N) is 1. The van der Waals surface area contributed by atoms with Crippen molar-refractivity contribution in [3.05, 3.63) is 33.8 Å². The van der Waals surface area contributed by atoms with Crippen molar-refractivity contribution in [3.63, 3.8) is 0 Å². The van der Waals surface area contributed by atoms with Gasteiger partial charge in [0.25, 0.3) is 0 Å². The third kappa shape index (κ3) is 3.99. The molecular weight excluding hydrogens is 231 g/mol. The summed E-state index contributed by atoms with van der Waals surface area (Å²) in [7, 11) is 0. The first-order valence-electron chi connectivity index (χ1n) is 5.07. The predicted molar refractivity (Wildman–Crippen MR) is 66.2 cm³/mol. The Morgan fingerprint density at radius 1 is 1.40 bits per heavy atom. The van der Waals surface area contributed by atoms with E-state index in [1.165, 1.54) is 0 Å². The molecule has 0 radical (unpaired) electrons. The summed E-state index contributed by atoms with van der Waals surface area (Å²) in [4.78, 5) is 0. The Morgan fingerprint density at radius 2 is 2.13 bits per heavy atom. The lowest BCUT2D eigenvalue weighted by Crippen LogP contribution is -2.36. The average molecular weight is 247 g/mol. The van der Waals surface area contributed by atoms with Crippen LogP contribution in [0.2, 0.25) is 10.0 Å². The maximum absolute atomic E-state index is 6.07. The van der Waals surface area contributed by atoms with Crippen LogP contribution in [0.1, 0.15) is 25.3 Å². The molecule has 0 aliphatic heterocycles. The Hall–Kier alpha value is -0.280. The van der Waals surface area contributed by atoms with Crippen LogP contribution >= 0.6 is 23.2 Å². The third-order valence-corrected chi connectivity index (χ3v) is 2.95. The molecular formula is C11H16Cl2N2. The molecule has 84 valence electrons. The molecule has 3 N–H and O–H groups in total. The maximum Gasteiger partial charge on any atom is 0.0439 e. The summed E-state index contributed by atoms with van der Waals surface area (Å²) in [6, 6.07) is 5.76. The molecule has 1 unspecified atom stereocenters. The van der Waals surface area contributed by atoms with Crippen LogP contribution in [0.4, 0.5) is 0 Å². The second-order valence-corrected chi connectivity index (χ2v) is 4.44. The summed E-state index contributed by atoms with van der Waals surface area (Å²) in [6.45, 7) is 2.13. The van der Waals surface area contributed by atoms with Crippen LogP contribution in [0.15, 0.2) is 18.2 Å². The first-order valence-corrected chi connectivity index (χ1v) is 5.83. The normalized spacial score (nSPS) is 12.8. The van der Waals surface area contributed by atoms with Crippen LogP contribution < -0.4 is 11.3 Å². The quantitative estimate of drug-likeness (QED) is 0.619. The van der Waals surface area contributed by atoms with Gasteiger partial charge < -0.3 is 0 Å². The van der Waals surface area contributed by atoms with Crippen molar-refractivity contribution in [2.45, 2.75) is 32.2 Å². The molecule has 0 aromatic heterocycles. The van der Waals surface area contributed by atoms with Crippen LogP contribution in [-0.2, 0) is 6.42 Å². The van der Waals surface area contributed by atoms with Gasteiger partial charge in [-0.2, -0.15) is 0 Å². The number of halogens is 2. The Labute approximate surface area is 101 Å². The van der Waals surface area contributed by atoms with Crippen LogP contribution in [0, 0.1) is 0 Å². The molecule has 15 heavy (non-hydrogen) atoms. The summed E-state index contributed by atoms with van der Waals surface area (Å²) in [5, 5.41) is 1.46. The van der Waals surface area contributed by atoms with E-state index in [4.69, 9.17) is 29.0 Å². The fourth-order valence-electron chi connectivity index (χ4n) is 1.56. The molecule has 0 saturated heterocycles. The van der Waals surface area contributed by atoms with Crippen LogP contribution in [0.3, 0.4) is 0 Å². The first kappa shape index (κ1) is 12.8. The van der Waals surface area contributed by atoms with Gasteiger partial charge in [0.1, 0.15) is 0 Å². The van der Waals surface area contributed by atoms with Crippen LogP contribution in [0.5, 0.6) is 0 Å². The van der Waals surface area contributed by atoms with Crippen LogP contribution in [-0.4, -0.2) is 6.04 Å². The molecule has 1 aromatic carbocycles. The highest BCUT2D eigenvalue weighted by atomic mass is 35.5. The van der Waals surface area contributed by atoms with Crippen molar-refractivity contribution in [1.82, 2.24) is 5.43 Å². The molecule has 1 aromatic rings. The van der Waals surface area contributed by atoms with Crippen molar-refractivity contribution in [2.24, 2.45) is 5.84 Å². The Morgan fingerprint density at radius 3 is 2.73 bits per heavy atom. The molecule has 2 nitrogen and oxygen atoms in total. The molecule has 0 heterocycles. The molecule has 1 atom stereocenters. The van der Waals surface area contributed by atoms with Gasteiger partial charge in [0.15, 0.2) is 0 Å². The number of benzene rings is 1. The van der Waals surface area contributed by atoms with Crippen molar-refractivity contribution in [3.8, 4) is 0 Å². The zero-order valence-corrected chi connectivity index (χ0v) is 10.3. The molecule has 0 spiro atoms. The zero-order chi connectivity index (χ0) is 11.3. The molecule has 0 aliphatic rings. The van der Waals surface area contributed by atoms with Crippen molar-refractivity contribution in [1.29, 1.82) is 0 Å². The fourth-order valence-corrected chi connectivity index (χ4v) is 1.95. The molecule has 0 saturated carbocycles. The van der Waals surface area contributed by atoms with E-state index in [2.05, 4.69) is 12.3 Å². The van der Waals surface area contributed by atoms with Gasteiger partial charge in [0.05, 0.1) is 0 Å². The van der Waals surface area contributed by atoms with Gasteiger partial charge in [0, 0.05) is 16.1 Å². The van der Waals surface area contributed by atoms with Crippen molar-refractivity contribution >= 4 is 23.2 Å². The fraction of sp³-hybridized carbons (Fsp3) is 0.455. The molecule has 0 amide bonds. The van der Waals surface area contributed by atoms with E-state index in [1.54, 1.807) is 6.07 Å². The third-order valence-electron chi connectivity index (χ3n) is 2.35. The van der Waals surface area contributed by atoms with Gasteiger partial charge in [0.2, 0.25) is 0 Å². The van der Waals surface area contributed by atoms with E-state index in [-0.39, 0.29) is 6.04 Å². The number of rotatable bonds is 5. The lowest BCUT2D eigenvalue weighted by Gasteiger charge is -2.15. The van der Waals surface area contributed by atoms with E-state index < -0.39 is 0 Å². The largest absolute Gasteiger partial charge is 0.271 e. The minimum absolute atomic E-state index is 0.256. The average Bonchev–Trinajstić information content (AvgIpc) is 2.22. The number of hydrazine groups is 1. The van der Waals surface area contributed by atoms with Gasteiger partial charge >= 0.3 is 0 Å². The summed E-state index contributed by atoms with van der Waals surface area (Å²) in [5.41, 5.74) is 3.84. The minimum atomic E-state index is 0.256. The highest BCUT2D eigenvalue weighted by Gasteiger charge is 2.09. The molecule has 0 bridgehead atoms. The number of hydrogen-bond acceptors (Lipinski definition) is 2. The van der Waals surface area contributed by atoms with E-state index in [0.29, 0.717) is 5.02 Å². The SMILES string of the molecule is CCCC(Cc1cc(Cl)ccc1Cl)NN. The molecule has 0 fully saturated rings. The minimum Gasteiger partial charge on any atom is -0.271 e. The van der Waals surface area contributed by atoms with Crippen molar-refractivity contribution < 1.29 is 0 Å². The lowest BCUT2D eigenvalue weighted by molar-refractivity contribution is 0.486. The summed E-state index contributed by atoms with van der Waals surface area (Å²) >= 11 is 12.0. The monoisotopic (exact) mass is 246 g/mol. The second-order valence-electron chi connectivity index (χ2n) is 3.59. The molecule has 0 aliphatic carbocycles. The van der Waals surface area contributed by atoms with E-state index in [1.807, 2.05) is 12.1 Å². The van der Waals surface area contributed by atoms with E-state index in [0.717, 1.165) is 29.8 Å². The highest BCUT2D eigenvalue weighted by Crippen LogP contribution is 2.22. The lowest BCUT2D eigenvalue weighted by atomic mass is 10.0. The van der Waals surface area contributed by atoms with E-state index in [9.17, 15) is 0 Å². The predicted octanol–water partition coefficient (Wildman–Crippen LogP) is 3.17. The second kappa shape index (κ2) is 6.33. The zero-order valence-electron chi connectivity index (χ0n) is 8.76. The standard InChI is InChI=1S/C11H16Cl2N2/c1-2-3-10(15-14)7-8-6-9(12)4-5-11(8)13/h4-6,10,15H,2-3,7,14H2,1H3. The highest BCUT2D eigenvalue weighted by molar-refractivity contribution is 6.33. The summed E-state index contributed by atoms with van der Waals surface area (Å²) < 4.78 is 0. The summed E-state index contributed by atoms with van der Waals surface area (Å²) in [5.74, 6) is 5.47. The van der Waals surface area contributed by atoms with Gasteiger partial charge in [-0.15, -0.1) is 0 Å². The number of nitrogens with one attached hydrogen (secondary N) is 1. The first-order chi connectivity index (χ1) is 7.17. The molecule has 1 rings (SSSR count). The maximum atomic E-state index is 6.07. The smallest absolute Gasteiger partial charge is 0.0439 e.